The molecule has 0 amide bonds. The lowest BCUT2D eigenvalue weighted by Crippen LogP contribution is -2.60. The van der Waals surface area contributed by atoms with Gasteiger partial charge in [-0.3, -0.25) is 10.1 Å². The molecule has 0 radical (unpaired) electrons. The first kappa shape index (κ1) is 14.2. The van der Waals surface area contributed by atoms with Gasteiger partial charge in [0.1, 0.15) is 11.5 Å². The first-order valence-corrected chi connectivity index (χ1v) is 8.03. The molecule has 4 rings (SSSR count). The van der Waals surface area contributed by atoms with E-state index >= 15 is 0 Å². The number of ether oxygens (including phenoxy) is 1. The molecule has 0 unspecified atom stereocenters. The highest BCUT2D eigenvalue weighted by Crippen LogP contribution is 2.44. The average Bonchev–Trinajstić information content (AvgIpc) is 2.45. The summed E-state index contributed by atoms with van der Waals surface area (Å²) < 4.78 is 5.75. The summed E-state index contributed by atoms with van der Waals surface area (Å²) >= 11 is 3.01. The van der Waals surface area contributed by atoms with Crippen LogP contribution >= 0.6 is 23.5 Å². The van der Waals surface area contributed by atoms with Crippen molar-refractivity contribution >= 4 is 29.2 Å². The summed E-state index contributed by atoms with van der Waals surface area (Å²) in [5, 5.41) is 30.2. The number of nitro groups is 1. The van der Waals surface area contributed by atoms with E-state index in [1.807, 2.05) is 0 Å². The number of thioether (sulfide) groups is 2. The summed E-state index contributed by atoms with van der Waals surface area (Å²) in [6, 6.07) is 6.23. The Balaban J connectivity index is 1.71. The average molecular weight is 315 g/mol. The normalized spacial score (nSPS) is 36.0. The highest BCUT2D eigenvalue weighted by Gasteiger charge is 2.49. The Labute approximate surface area is 123 Å². The number of fused-ring (bicyclic) bond motifs is 3. The number of nitrogens with zero attached hydrogens (tertiary/aromatic N) is 1. The molecule has 0 spiro atoms. The summed E-state index contributed by atoms with van der Waals surface area (Å²) in [7, 11) is 0. The third kappa shape index (κ3) is 2.53. The van der Waals surface area contributed by atoms with Crippen LogP contribution in [0.2, 0.25) is 0 Å². The lowest BCUT2D eigenvalue weighted by atomic mass is 10.0. The predicted octanol–water partition coefficient (Wildman–Crippen LogP) is 1.25. The van der Waals surface area contributed by atoms with Crippen LogP contribution in [0.25, 0.3) is 0 Å². The van der Waals surface area contributed by atoms with E-state index in [1.54, 1.807) is 23.9 Å². The summed E-state index contributed by atoms with van der Waals surface area (Å²) in [5.41, 5.74) is -0.205. The second-order valence-electron chi connectivity index (χ2n) is 4.69. The Morgan fingerprint density at radius 2 is 2.00 bits per heavy atom. The van der Waals surface area contributed by atoms with E-state index in [4.69, 9.17) is 4.74 Å². The summed E-state index contributed by atoms with van der Waals surface area (Å²) in [5.74, 6) is 0.681. The van der Waals surface area contributed by atoms with E-state index in [9.17, 15) is 20.3 Å². The molecule has 108 valence electrons. The van der Waals surface area contributed by atoms with Crippen LogP contribution in [0.15, 0.2) is 29.2 Å². The molecule has 3 heterocycles. The highest BCUT2D eigenvalue weighted by atomic mass is 32.2. The third-order valence-electron chi connectivity index (χ3n) is 3.40. The molecule has 2 N–H and O–H groups in total. The zero-order valence-electron chi connectivity index (χ0n) is 10.3. The van der Waals surface area contributed by atoms with Crippen LogP contribution in [-0.2, 0) is 4.74 Å². The summed E-state index contributed by atoms with van der Waals surface area (Å²) in [6.07, 6.45) is -1.96. The third-order valence-corrected chi connectivity index (χ3v) is 6.18. The summed E-state index contributed by atoms with van der Waals surface area (Å²) in [6.45, 7) is 0. The maximum Gasteiger partial charge on any atom is 0.269 e. The molecule has 1 aromatic rings. The topological polar surface area (TPSA) is 92.8 Å². The molecule has 5 atom stereocenters. The standard InChI is InChI=1S/C12H13NO5S2/c14-9-8-5-19-11(10(9)15)12(18-8)20-7-3-1-6(2-4-7)13(16)17/h1-4,8-12,14-15H,5H2/t8-,9-,10+,11+,12-/m1/s1. The number of rotatable bonds is 3. The molecule has 2 bridgehead atoms. The van der Waals surface area contributed by atoms with Gasteiger partial charge < -0.3 is 14.9 Å². The molecule has 3 saturated heterocycles. The molecule has 8 heteroatoms. The van der Waals surface area contributed by atoms with Crippen molar-refractivity contribution in [3.05, 3.63) is 34.4 Å². The quantitative estimate of drug-likeness (QED) is 0.640. The van der Waals surface area contributed by atoms with Crippen molar-refractivity contribution in [3.8, 4) is 0 Å². The fourth-order valence-corrected chi connectivity index (χ4v) is 5.03. The fraction of sp³-hybridized carbons (Fsp3) is 0.500. The van der Waals surface area contributed by atoms with Crippen molar-refractivity contribution in [3.63, 3.8) is 0 Å². The second-order valence-corrected chi connectivity index (χ2v) is 7.07. The molecule has 20 heavy (non-hydrogen) atoms. The molecule has 0 saturated carbocycles. The molecule has 1 aromatic carbocycles. The SMILES string of the molecule is O=[N+]([O-])c1ccc(S[C@H]2O[C@@H]3CS[C@H]2[C@@H](O)[C@@H]3O)cc1. The van der Waals surface area contributed by atoms with E-state index in [1.165, 1.54) is 23.9 Å². The number of aliphatic hydroxyl groups excluding tert-OH is 2. The molecule has 6 nitrogen and oxygen atoms in total. The molecule has 3 aliphatic rings. The van der Waals surface area contributed by atoms with Gasteiger partial charge in [-0.05, 0) is 12.1 Å². The highest BCUT2D eigenvalue weighted by molar-refractivity contribution is 8.03. The number of benzene rings is 1. The van der Waals surface area contributed by atoms with E-state index < -0.39 is 17.1 Å². The van der Waals surface area contributed by atoms with E-state index in [0.717, 1.165) is 4.90 Å². The largest absolute Gasteiger partial charge is 0.389 e. The molecular weight excluding hydrogens is 302 g/mol. The lowest BCUT2D eigenvalue weighted by Gasteiger charge is -2.47. The van der Waals surface area contributed by atoms with Gasteiger partial charge in [-0.1, -0.05) is 11.8 Å². The molecular formula is C12H13NO5S2. The van der Waals surface area contributed by atoms with Gasteiger partial charge in [-0.2, -0.15) is 0 Å². The van der Waals surface area contributed by atoms with E-state index in [0.29, 0.717) is 5.75 Å². The van der Waals surface area contributed by atoms with Crippen LogP contribution in [0.4, 0.5) is 5.69 Å². The molecule has 3 aliphatic heterocycles. The van der Waals surface area contributed by atoms with Crippen LogP contribution in [0, 0.1) is 10.1 Å². The van der Waals surface area contributed by atoms with Crippen LogP contribution in [0.1, 0.15) is 0 Å². The monoisotopic (exact) mass is 315 g/mol. The first-order valence-electron chi connectivity index (χ1n) is 6.10. The number of non-ortho nitro benzene ring substituents is 1. The van der Waals surface area contributed by atoms with Crippen molar-refractivity contribution in [1.29, 1.82) is 0 Å². The van der Waals surface area contributed by atoms with Crippen molar-refractivity contribution in [2.24, 2.45) is 0 Å². The van der Waals surface area contributed by atoms with Gasteiger partial charge in [-0.15, -0.1) is 11.8 Å². The minimum Gasteiger partial charge on any atom is -0.389 e. The van der Waals surface area contributed by atoms with Crippen LogP contribution < -0.4 is 0 Å². The van der Waals surface area contributed by atoms with Gasteiger partial charge in [0.15, 0.2) is 0 Å². The van der Waals surface area contributed by atoms with E-state index in [-0.39, 0.29) is 22.5 Å². The lowest BCUT2D eigenvalue weighted by molar-refractivity contribution is -0.384. The van der Waals surface area contributed by atoms with Gasteiger partial charge in [0.05, 0.1) is 22.4 Å². The Bertz CT molecular complexity index is 509. The Morgan fingerprint density at radius 1 is 1.30 bits per heavy atom. The fourth-order valence-electron chi connectivity index (χ4n) is 2.30. The Morgan fingerprint density at radius 3 is 2.60 bits per heavy atom. The van der Waals surface area contributed by atoms with Crippen LogP contribution in [0.3, 0.4) is 0 Å². The Kier molecular flexibility index (Phi) is 3.91. The second kappa shape index (κ2) is 5.53. The van der Waals surface area contributed by atoms with Crippen molar-refractivity contribution in [1.82, 2.24) is 0 Å². The predicted molar refractivity (Wildman–Crippen MR) is 75.9 cm³/mol. The van der Waals surface area contributed by atoms with Gasteiger partial charge in [0.2, 0.25) is 0 Å². The minimum absolute atomic E-state index is 0.0465. The smallest absolute Gasteiger partial charge is 0.269 e. The van der Waals surface area contributed by atoms with Crippen molar-refractivity contribution in [2.45, 2.75) is 33.9 Å². The van der Waals surface area contributed by atoms with Gasteiger partial charge >= 0.3 is 0 Å². The van der Waals surface area contributed by atoms with Crippen LogP contribution in [-0.4, -0.2) is 49.9 Å². The number of aliphatic hydroxyl groups is 2. The van der Waals surface area contributed by atoms with Crippen molar-refractivity contribution in [2.75, 3.05) is 5.75 Å². The zero-order chi connectivity index (χ0) is 14.3. The maximum absolute atomic E-state index is 10.6. The first-order chi connectivity index (χ1) is 9.56. The Hall–Kier alpha value is -0.800. The molecule has 0 aliphatic carbocycles. The summed E-state index contributed by atoms with van der Waals surface area (Å²) in [4.78, 5) is 11.0. The van der Waals surface area contributed by atoms with Gasteiger partial charge in [-0.25, -0.2) is 0 Å². The molecule has 0 aromatic heterocycles. The van der Waals surface area contributed by atoms with Gasteiger partial charge in [0, 0.05) is 22.8 Å². The number of hydrogen-bond acceptors (Lipinski definition) is 7. The minimum atomic E-state index is -0.824. The van der Waals surface area contributed by atoms with Crippen LogP contribution in [0.5, 0.6) is 0 Å². The van der Waals surface area contributed by atoms with Crippen molar-refractivity contribution < 1.29 is 19.9 Å². The number of nitro benzene ring substituents is 1. The van der Waals surface area contributed by atoms with Gasteiger partial charge in [0.25, 0.3) is 5.69 Å². The zero-order valence-corrected chi connectivity index (χ0v) is 11.9. The number of hydrogen-bond donors (Lipinski definition) is 2. The van der Waals surface area contributed by atoms with E-state index in [2.05, 4.69) is 0 Å². The molecule has 3 fully saturated rings. The maximum atomic E-state index is 10.6.